The highest BCUT2D eigenvalue weighted by Crippen LogP contribution is 2.40. The molecule has 0 saturated heterocycles. The van der Waals surface area contributed by atoms with Gasteiger partial charge < -0.3 is 9.47 Å². The van der Waals surface area contributed by atoms with Gasteiger partial charge in [-0.1, -0.05) is 11.6 Å². The number of esters is 1. The Morgan fingerprint density at radius 1 is 1.54 bits per heavy atom. The van der Waals surface area contributed by atoms with Crippen molar-refractivity contribution >= 4 is 39.5 Å². The highest BCUT2D eigenvalue weighted by atomic mass is 35.5. The van der Waals surface area contributed by atoms with Gasteiger partial charge in [0.1, 0.15) is 22.6 Å². The number of nitrogens with zero attached hydrogens (tertiary/aromatic N) is 2. The van der Waals surface area contributed by atoms with Crippen molar-refractivity contribution in [3.05, 3.63) is 57.3 Å². The molecule has 8 heteroatoms. The second-order valence-corrected chi connectivity index (χ2v) is 6.63. The van der Waals surface area contributed by atoms with E-state index in [1.807, 2.05) is 6.07 Å². The maximum Gasteiger partial charge on any atom is 0.351 e. The smallest absolute Gasteiger partial charge is 0.351 e. The Bertz CT molecular complexity index is 991. The molecule has 1 aromatic heterocycles. The van der Waals surface area contributed by atoms with Crippen LogP contribution in [0.15, 0.2) is 35.2 Å². The number of aromatic nitrogens is 1. The molecule has 1 aliphatic heterocycles. The van der Waals surface area contributed by atoms with Gasteiger partial charge in [0, 0.05) is 22.2 Å². The van der Waals surface area contributed by atoms with Gasteiger partial charge in [0.05, 0.1) is 17.7 Å². The number of carbonyl (C=O) groups excluding carboxylic acids is 1. The van der Waals surface area contributed by atoms with Crippen LogP contribution >= 0.6 is 22.9 Å². The fraction of sp³-hybridized carbons (Fsp3) is 0.167. The minimum Gasteiger partial charge on any atom is -0.473 e. The minimum absolute atomic E-state index is 0.113. The van der Waals surface area contributed by atoms with Crippen LogP contribution in [0.5, 0.6) is 5.75 Å². The SMILES string of the molecule is COC(=O)C1Oc2ccc(F)cc2C(Cl)=C1/C=C(/C#N)c1nc(C)cs1. The van der Waals surface area contributed by atoms with E-state index in [2.05, 4.69) is 4.98 Å². The summed E-state index contributed by atoms with van der Waals surface area (Å²) in [5.74, 6) is -0.925. The lowest BCUT2D eigenvalue weighted by Gasteiger charge is -2.26. The molecule has 0 saturated carbocycles. The monoisotopic (exact) mass is 390 g/mol. The summed E-state index contributed by atoms with van der Waals surface area (Å²) < 4.78 is 24.0. The Morgan fingerprint density at radius 2 is 2.31 bits per heavy atom. The van der Waals surface area contributed by atoms with E-state index in [0.29, 0.717) is 10.6 Å². The molecule has 2 heterocycles. The molecule has 26 heavy (non-hydrogen) atoms. The maximum atomic E-state index is 13.6. The van der Waals surface area contributed by atoms with Crippen molar-refractivity contribution in [3.63, 3.8) is 0 Å². The lowest BCUT2D eigenvalue weighted by atomic mass is 9.99. The first-order chi connectivity index (χ1) is 12.4. The topological polar surface area (TPSA) is 72.2 Å². The van der Waals surface area contributed by atoms with Crippen molar-refractivity contribution in [2.45, 2.75) is 13.0 Å². The van der Waals surface area contributed by atoms with Gasteiger partial charge in [-0.15, -0.1) is 11.3 Å². The zero-order valence-electron chi connectivity index (χ0n) is 13.7. The Kier molecular flexibility index (Phi) is 5.07. The standard InChI is InChI=1S/C18H12ClFN2O3S/c1-9-8-26-17(22-9)10(7-21)5-13-15(19)12-6-11(20)3-4-14(12)25-16(13)18(23)24-2/h3-6,8,16H,1-2H3/b10-5-. The number of hydrogen-bond donors (Lipinski definition) is 0. The number of carbonyl (C=O) groups is 1. The van der Waals surface area contributed by atoms with Crippen LogP contribution < -0.4 is 4.74 Å². The number of aryl methyl sites for hydroxylation is 1. The minimum atomic E-state index is -1.17. The molecule has 0 radical (unpaired) electrons. The number of methoxy groups -OCH3 is 1. The van der Waals surface area contributed by atoms with Gasteiger partial charge in [-0.2, -0.15) is 5.26 Å². The molecule has 0 amide bonds. The summed E-state index contributed by atoms with van der Waals surface area (Å²) >= 11 is 7.72. The third-order valence-corrected chi connectivity index (χ3v) is 5.06. The second kappa shape index (κ2) is 7.28. The van der Waals surface area contributed by atoms with Gasteiger partial charge in [0.2, 0.25) is 6.10 Å². The van der Waals surface area contributed by atoms with Gasteiger partial charge in [0.15, 0.2) is 0 Å². The summed E-state index contributed by atoms with van der Waals surface area (Å²) in [6.07, 6.45) is 0.255. The number of thiazole rings is 1. The molecular weight excluding hydrogens is 379 g/mol. The van der Waals surface area contributed by atoms with Crippen LogP contribution in [0, 0.1) is 24.1 Å². The first kappa shape index (κ1) is 18.1. The van der Waals surface area contributed by atoms with Crippen LogP contribution in [0.2, 0.25) is 0 Å². The summed E-state index contributed by atoms with van der Waals surface area (Å²) in [7, 11) is 1.22. The number of nitriles is 1. The second-order valence-electron chi connectivity index (χ2n) is 5.39. The van der Waals surface area contributed by atoms with Gasteiger partial charge in [-0.25, -0.2) is 14.2 Å². The van der Waals surface area contributed by atoms with E-state index in [0.717, 1.165) is 5.69 Å². The Balaban J connectivity index is 2.18. The Labute approximate surface area is 157 Å². The number of benzene rings is 1. The van der Waals surface area contributed by atoms with Crippen molar-refractivity contribution < 1.29 is 18.7 Å². The predicted octanol–water partition coefficient (Wildman–Crippen LogP) is 4.08. The molecule has 0 spiro atoms. The van der Waals surface area contributed by atoms with Crippen molar-refractivity contribution in [1.29, 1.82) is 5.26 Å². The third-order valence-electron chi connectivity index (χ3n) is 3.64. The number of allylic oxidation sites excluding steroid dienone is 1. The first-order valence-corrected chi connectivity index (χ1v) is 8.68. The molecule has 0 aliphatic carbocycles. The van der Waals surface area contributed by atoms with E-state index in [1.54, 1.807) is 12.3 Å². The molecule has 0 bridgehead atoms. The van der Waals surface area contributed by atoms with Crippen LogP contribution in [0.3, 0.4) is 0 Å². The Morgan fingerprint density at radius 3 is 2.92 bits per heavy atom. The largest absolute Gasteiger partial charge is 0.473 e. The van der Waals surface area contributed by atoms with Gasteiger partial charge in [-0.05, 0) is 31.2 Å². The molecule has 0 fully saturated rings. The van der Waals surface area contributed by atoms with Gasteiger partial charge in [-0.3, -0.25) is 0 Å². The van der Waals surface area contributed by atoms with Crippen LogP contribution in [0.4, 0.5) is 4.39 Å². The molecule has 0 N–H and O–H groups in total. The summed E-state index contributed by atoms with van der Waals surface area (Å²) in [6, 6.07) is 5.85. The molecule has 5 nitrogen and oxygen atoms in total. The van der Waals surface area contributed by atoms with Gasteiger partial charge >= 0.3 is 5.97 Å². The van der Waals surface area contributed by atoms with Crippen LogP contribution in [-0.4, -0.2) is 24.2 Å². The first-order valence-electron chi connectivity index (χ1n) is 7.43. The van der Waals surface area contributed by atoms with Crippen molar-refractivity contribution in [1.82, 2.24) is 4.98 Å². The molecule has 132 valence electrons. The van der Waals surface area contributed by atoms with E-state index in [4.69, 9.17) is 21.1 Å². The third kappa shape index (κ3) is 3.34. The number of rotatable bonds is 3. The molecule has 2 aromatic rings. The highest BCUT2D eigenvalue weighted by Gasteiger charge is 2.34. The summed E-state index contributed by atoms with van der Waals surface area (Å²) in [4.78, 5) is 16.4. The van der Waals surface area contributed by atoms with E-state index in [1.165, 1.54) is 42.7 Å². The fourth-order valence-corrected chi connectivity index (χ4v) is 3.50. The summed E-state index contributed by atoms with van der Waals surface area (Å²) in [5.41, 5.74) is 1.49. The zero-order chi connectivity index (χ0) is 18.8. The number of hydrogen-bond acceptors (Lipinski definition) is 6. The van der Waals surface area contributed by atoms with E-state index in [9.17, 15) is 14.4 Å². The molecule has 3 rings (SSSR count). The lowest BCUT2D eigenvalue weighted by Crippen LogP contribution is -2.33. The van der Waals surface area contributed by atoms with Crippen LogP contribution in [-0.2, 0) is 9.53 Å². The fourth-order valence-electron chi connectivity index (χ4n) is 2.43. The van der Waals surface area contributed by atoms with Crippen LogP contribution in [0.25, 0.3) is 10.6 Å². The lowest BCUT2D eigenvalue weighted by molar-refractivity contribution is -0.146. The van der Waals surface area contributed by atoms with Crippen molar-refractivity contribution in [3.8, 4) is 11.8 Å². The molecule has 1 atom stereocenters. The predicted molar refractivity (Wildman–Crippen MR) is 96.0 cm³/mol. The quantitative estimate of drug-likeness (QED) is 0.583. The zero-order valence-corrected chi connectivity index (χ0v) is 15.3. The van der Waals surface area contributed by atoms with E-state index in [-0.39, 0.29) is 21.9 Å². The van der Waals surface area contributed by atoms with E-state index >= 15 is 0 Å². The van der Waals surface area contributed by atoms with Crippen molar-refractivity contribution in [2.24, 2.45) is 0 Å². The normalized spacial score (nSPS) is 16.6. The molecule has 1 unspecified atom stereocenters. The van der Waals surface area contributed by atoms with E-state index < -0.39 is 17.9 Å². The highest BCUT2D eigenvalue weighted by molar-refractivity contribution is 7.10. The summed E-state index contributed by atoms with van der Waals surface area (Å²) in [5, 5.41) is 11.9. The average molecular weight is 391 g/mol. The van der Waals surface area contributed by atoms with Gasteiger partial charge in [0.25, 0.3) is 0 Å². The number of fused-ring (bicyclic) bond motifs is 1. The summed E-state index contributed by atoms with van der Waals surface area (Å²) in [6.45, 7) is 1.81. The van der Waals surface area contributed by atoms with Crippen LogP contribution in [0.1, 0.15) is 16.3 Å². The molecule has 1 aromatic carbocycles. The molecule has 1 aliphatic rings. The number of halogens is 2. The number of ether oxygens (including phenoxy) is 2. The molecular formula is C18H12ClFN2O3S. The van der Waals surface area contributed by atoms with Crippen molar-refractivity contribution in [2.75, 3.05) is 7.11 Å². The maximum absolute atomic E-state index is 13.6. The Hall–Kier alpha value is -2.69. The average Bonchev–Trinajstić information content (AvgIpc) is 3.06.